The minimum Gasteiger partial charge on any atom is -0.135 e. The Morgan fingerprint density at radius 2 is 1.07 bits per heavy atom. The number of anilines is 2. The maximum atomic E-state index is 15.4. The van der Waals surface area contributed by atoms with E-state index in [0.29, 0.717) is 0 Å². The van der Waals surface area contributed by atoms with Crippen LogP contribution in [0.2, 0.25) is 0 Å². The SMILES string of the molecule is Cc1ccc2ccccc2c1N1[C@@H](c2ccccc2)[C@H](c2ccccc2)N(c2cc(C(C)(C)C)cc(C(C)(C)C)c2)[P+]1=O. The first-order valence-corrected chi connectivity index (χ1v) is 16.4. The third-order valence-corrected chi connectivity index (χ3v) is 10.4. The van der Waals surface area contributed by atoms with Crippen LogP contribution in [0.15, 0.2) is 115 Å². The van der Waals surface area contributed by atoms with Crippen molar-refractivity contribution in [2.45, 2.75) is 71.4 Å². The molecule has 0 amide bonds. The minimum absolute atomic E-state index is 0.0612. The predicted molar refractivity (Wildman–Crippen MR) is 183 cm³/mol. The molecule has 43 heavy (non-hydrogen) atoms. The van der Waals surface area contributed by atoms with Crippen molar-refractivity contribution in [3.63, 3.8) is 0 Å². The number of rotatable bonds is 4. The molecule has 0 aromatic heterocycles. The molecule has 0 radical (unpaired) electrons. The topological polar surface area (TPSA) is 23.6 Å². The van der Waals surface area contributed by atoms with Crippen LogP contribution in [0.4, 0.5) is 11.4 Å². The molecule has 1 aliphatic heterocycles. The van der Waals surface area contributed by atoms with Crippen LogP contribution in [0.5, 0.6) is 0 Å². The van der Waals surface area contributed by atoms with Crippen LogP contribution in [0, 0.1) is 6.92 Å². The van der Waals surface area contributed by atoms with Crippen LogP contribution in [-0.2, 0) is 15.4 Å². The second kappa shape index (κ2) is 11.0. The van der Waals surface area contributed by atoms with Crippen molar-refractivity contribution in [2.75, 3.05) is 9.34 Å². The number of nitrogens with zero attached hydrogens (tertiary/aromatic N) is 2. The molecular formula is C39H42N2OP+. The average molecular weight is 586 g/mol. The fraction of sp³-hybridized carbons (Fsp3) is 0.282. The molecule has 1 aliphatic rings. The highest BCUT2D eigenvalue weighted by Gasteiger charge is 2.59. The largest absolute Gasteiger partial charge is 0.597 e. The van der Waals surface area contributed by atoms with E-state index in [0.717, 1.165) is 38.8 Å². The molecule has 0 saturated carbocycles. The Morgan fingerprint density at radius 1 is 0.581 bits per heavy atom. The highest BCUT2D eigenvalue weighted by Crippen LogP contribution is 2.63. The van der Waals surface area contributed by atoms with E-state index >= 15 is 4.57 Å². The van der Waals surface area contributed by atoms with Gasteiger partial charge in [-0.25, -0.2) is 0 Å². The quantitative estimate of drug-likeness (QED) is 0.196. The normalized spacial score (nSPS) is 18.4. The van der Waals surface area contributed by atoms with Crippen molar-refractivity contribution in [3.05, 3.63) is 143 Å². The summed E-state index contributed by atoms with van der Waals surface area (Å²) in [5, 5.41) is 2.28. The van der Waals surface area contributed by atoms with Crippen molar-refractivity contribution in [3.8, 4) is 0 Å². The first-order chi connectivity index (χ1) is 20.4. The van der Waals surface area contributed by atoms with Crippen molar-refractivity contribution >= 4 is 30.2 Å². The fourth-order valence-electron chi connectivity index (χ4n) is 6.29. The smallest absolute Gasteiger partial charge is 0.135 e. The highest BCUT2D eigenvalue weighted by atomic mass is 31.1. The zero-order valence-corrected chi connectivity index (χ0v) is 27.3. The number of hydrogen-bond donors (Lipinski definition) is 0. The van der Waals surface area contributed by atoms with Gasteiger partial charge in [-0.3, -0.25) is 0 Å². The number of hydrogen-bond acceptors (Lipinski definition) is 1. The van der Waals surface area contributed by atoms with Gasteiger partial charge >= 0.3 is 8.10 Å². The molecule has 5 aromatic rings. The lowest BCUT2D eigenvalue weighted by molar-refractivity contribution is 0.566. The molecule has 1 heterocycles. The van der Waals surface area contributed by atoms with Gasteiger partial charge < -0.3 is 0 Å². The molecule has 4 heteroatoms. The first kappa shape index (κ1) is 29.1. The second-order valence-electron chi connectivity index (χ2n) is 13.9. The zero-order valence-electron chi connectivity index (χ0n) is 26.4. The van der Waals surface area contributed by atoms with E-state index in [1.807, 2.05) is 0 Å². The van der Waals surface area contributed by atoms with E-state index in [2.05, 4.69) is 173 Å². The average Bonchev–Trinajstić information content (AvgIpc) is 3.29. The van der Waals surface area contributed by atoms with Crippen LogP contribution in [-0.4, -0.2) is 0 Å². The summed E-state index contributed by atoms with van der Waals surface area (Å²) in [6, 6.07) is 40.6. The van der Waals surface area contributed by atoms with Gasteiger partial charge in [0.15, 0.2) is 0 Å². The molecule has 0 bridgehead atoms. The van der Waals surface area contributed by atoms with Crippen LogP contribution in [0.1, 0.15) is 81.4 Å². The molecule has 0 spiro atoms. The van der Waals surface area contributed by atoms with E-state index in [-0.39, 0.29) is 22.9 Å². The molecule has 218 valence electrons. The van der Waals surface area contributed by atoms with Gasteiger partial charge in [0.1, 0.15) is 12.1 Å². The molecule has 3 nitrogen and oxygen atoms in total. The molecule has 0 aliphatic carbocycles. The molecular weight excluding hydrogens is 543 g/mol. The maximum absolute atomic E-state index is 15.4. The van der Waals surface area contributed by atoms with Gasteiger partial charge in [-0.1, -0.05) is 145 Å². The summed E-state index contributed by atoms with van der Waals surface area (Å²) in [6.45, 7) is 15.7. The van der Waals surface area contributed by atoms with E-state index in [1.54, 1.807) is 0 Å². The molecule has 3 atom stereocenters. The summed E-state index contributed by atoms with van der Waals surface area (Å²) in [4.78, 5) is 0. The van der Waals surface area contributed by atoms with Gasteiger partial charge in [0.2, 0.25) is 0 Å². The lowest BCUT2D eigenvalue weighted by Crippen LogP contribution is -2.25. The molecule has 1 fully saturated rings. The van der Waals surface area contributed by atoms with E-state index in [4.69, 9.17) is 0 Å². The Labute approximate surface area is 258 Å². The van der Waals surface area contributed by atoms with Crippen LogP contribution >= 0.6 is 8.10 Å². The molecule has 0 N–H and O–H groups in total. The Kier molecular flexibility index (Phi) is 7.43. The molecule has 1 saturated heterocycles. The van der Waals surface area contributed by atoms with E-state index in [9.17, 15) is 0 Å². The minimum atomic E-state index is -2.04. The van der Waals surface area contributed by atoms with E-state index in [1.165, 1.54) is 11.1 Å². The summed E-state index contributed by atoms with van der Waals surface area (Å²) < 4.78 is 19.8. The van der Waals surface area contributed by atoms with Crippen molar-refractivity contribution in [1.29, 1.82) is 0 Å². The van der Waals surface area contributed by atoms with Crippen LogP contribution in [0.3, 0.4) is 0 Å². The summed E-state index contributed by atoms with van der Waals surface area (Å²) >= 11 is 0. The zero-order chi connectivity index (χ0) is 30.5. The Bertz CT molecular complexity index is 1750. The van der Waals surface area contributed by atoms with Crippen molar-refractivity contribution in [2.24, 2.45) is 0 Å². The number of aryl methyl sites for hydroxylation is 1. The number of benzene rings is 5. The van der Waals surface area contributed by atoms with Crippen LogP contribution in [0.25, 0.3) is 10.8 Å². The van der Waals surface area contributed by atoms with Gasteiger partial charge in [-0.15, -0.1) is 9.34 Å². The number of fused-ring (bicyclic) bond motifs is 1. The first-order valence-electron chi connectivity index (χ1n) is 15.2. The Balaban J connectivity index is 1.68. The second-order valence-corrected chi connectivity index (χ2v) is 15.2. The highest BCUT2D eigenvalue weighted by molar-refractivity contribution is 7.49. The molecule has 6 rings (SSSR count). The summed E-state index contributed by atoms with van der Waals surface area (Å²) in [6.07, 6.45) is 0. The van der Waals surface area contributed by atoms with Gasteiger partial charge in [0.05, 0.1) is 11.4 Å². The lowest BCUT2D eigenvalue weighted by atomic mass is 9.80. The Hall–Kier alpha value is -3.94. The standard InChI is InChI=1S/C39H42N2OP/c1-27-22-23-28-16-14-15-21-34(28)35(27)41-37(30-19-12-9-13-20-30)36(29-17-10-8-11-18-29)40(43(41)42)33-25-31(38(2,3)4)24-32(26-33)39(5,6)7/h8-26,36-37H,1-7H3/q+1/t36-,37-/m0/s1. The van der Waals surface area contributed by atoms with Gasteiger partial charge in [-0.05, 0) is 67.7 Å². The predicted octanol–water partition coefficient (Wildman–Crippen LogP) is 11.2. The summed E-state index contributed by atoms with van der Waals surface area (Å²) in [5.74, 6) is 0. The van der Waals surface area contributed by atoms with Crippen LogP contribution < -0.4 is 9.34 Å². The fourth-order valence-corrected chi connectivity index (χ4v) is 8.20. The Morgan fingerprint density at radius 3 is 1.60 bits per heavy atom. The van der Waals surface area contributed by atoms with E-state index < -0.39 is 8.10 Å². The van der Waals surface area contributed by atoms with Crippen molar-refractivity contribution < 1.29 is 4.57 Å². The third-order valence-electron chi connectivity index (χ3n) is 8.72. The molecule has 1 unspecified atom stereocenters. The maximum Gasteiger partial charge on any atom is 0.597 e. The summed E-state index contributed by atoms with van der Waals surface area (Å²) in [5.41, 5.74) is 7.85. The monoisotopic (exact) mass is 585 g/mol. The van der Waals surface area contributed by atoms with Gasteiger partial charge in [-0.2, -0.15) is 0 Å². The van der Waals surface area contributed by atoms with Crippen molar-refractivity contribution in [1.82, 2.24) is 0 Å². The summed E-state index contributed by atoms with van der Waals surface area (Å²) in [7, 11) is -2.04. The molecule has 5 aromatic carbocycles. The van der Waals surface area contributed by atoms with Gasteiger partial charge in [0.25, 0.3) is 0 Å². The third kappa shape index (κ3) is 5.36. The van der Waals surface area contributed by atoms with Gasteiger partial charge in [0, 0.05) is 5.39 Å². The lowest BCUT2D eigenvalue weighted by Gasteiger charge is -2.28.